The first-order chi connectivity index (χ1) is 10.6. The van der Waals surface area contributed by atoms with E-state index in [-0.39, 0.29) is 12.2 Å². The Bertz CT molecular complexity index is 744. The van der Waals surface area contributed by atoms with Gasteiger partial charge in [-0.3, -0.25) is 4.68 Å². The third kappa shape index (κ3) is 3.96. The van der Waals surface area contributed by atoms with E-state index in [9.17, 15) is 4.79 Å². The van der Waals surface area contributed by atoms with Gasteiger partial charge in [0.15, 0.2) is 0 Å². The number of nitrogens with zero attached hydrogens (tertiary/aromatic N) is 3. The molecule has 2 rings (SSSR count). The van der Waals surface area contributed by atoms with E-state index in [1.807, 2.05) is 30.3 Å². The maximum absolute atomic E-state index is 11.6. The number of halogens is 1. The standard InChI is InChI=1S/C16H14ClN3O2/c1-2-22-16(21)14(8-18)7-12-9-19-20(10-12)11-13-5-3-4-6-15(13)17/h3-7,9-10H,2,11H2,1H3/b14-7+. The molecule has 0 aliphatic heterocycles. The van der Waals surface area contributed by atoms with E-state index in [2.05, 4.69) is 5.10 Å². The molecule has 0 aliphatic rings. The van der Waals surface area contributed by atoms with Crippen LogP contribution in [0.25, 0.3) is 6.08 Å². The van der Waals surface area contributed by atoms with Crippen LogP contribution in [-0.4, -0.2) is 22.4 Å². The van der Waals surface area contributed by atoms with Gasteiger partial charge in [0.25, 0.3) is 0 Å². The second kappa shape index (κ2) is 7.43. The van der Waals surface area contributed by atoms with Gasteiger partial charge in [-0.2, -0.15) is 10.4 Å². The third-order valence-corrected chi connectivity index (χ3v) is 3.24. The Morgan fingerprint density at radius 3 is 2.95 bits per heavy atom. The second-order valence-corrected chi connectivity index (χ2v) is 4.86. The first-order valence-corrected chi connectivity index (χ1v) is 7.06. The zero-order valence-electron chi connectivity index (χ0n) is 12.0. The van der Waals surface area contributed by atoms with E-state index < -0.39 is 5.97 Å². The van der Waals surface area contributed by atoms with Crippen LogP contribution < -0.4 is 0 Å². The Balaban J connectivity index is 2.16. The predicted molar refractivity (Wildman–Crippen MR) is 83.0 cm³/mol. The number of aromatic nitrogens is 2. The molecule has 0 saturated carbocycles. The summed E-state index contributed by atoms with van der Waals surface area (Å²) in [5.74, 6) is -0.635. The molecule has 1 aromatic carbocycles. The molecule has 1 aromatic heterocycles. The average molecular weight is 316 g/mol. The lowest BCUT2D eigenvalue weighted by atomic mass is 10.2. The molecule has 0 bridgehead atoms. The molecule has 22 heavy (non-hydrogen) atoms. The Morgan fingerprint density at radius 1 is 1.50 bits per heavy atom. The van der Waals surface area contributed by atoms with Gasteiger partial charge in [-0.15, -0.1) is 0 Å². The highest BCUT2D eigenvalue weighted by Crippen LogP contribution is 2.16. The van der Waals surface area contributed by atoms with Crippen molar-refractivity contribution in [3.63, 3.8) is 0 Å². The molecule has 0 amide bonds. The predicted octanol–water partition coefficient (Wildman–Crippen LogP) is 3.05. The fourth-order valence-corrected chi connectivity index (χ4v) is 2.05. The topological polar surface area (TPSA) is 67.9 Å². The number of nitriles is 1. The van der Waals surface area contributed by atoms with Crippen molar-refractivity contribution in [2.75, 3.05) is 6.61 Å². The van der Waals surface area contributed by atoms with Crippen LogP contribution in [0.15, 0.2) is 42.2 Å². The van der Waals surface area contributed by atoms with Crippen LogP contribution >= 0.6 is 11.6 Å². The smallest absolute Gasteiger partial charge is 0.348 e. The Kier molecular flexibility index (Phi) is 5.34. The van der Waals surface area contributed by atoms with Crippen LogP contribution in [0.1, 0.15) is 18.1 Å². The van der Waals surface area contributed by atoms with Crippen LogP contribution in [0.5, 0.6) is 0 Å². The van der Waals surface area contributed by atoms with Gasteiger partial charge in [0.05, 0.1) is 19.3 Å². The number of hydrogen-bond acceptors (Lipinski definition) is 4. The molecule has 5 nitrogen and oxygen atoms in total. The number of carbonyl (C=O) groups excluding carboxylic acids is 1. The van der Waals surface area contributed by atoms with Gasteiger partial charge in [0.2, 0.25) is 0 Å². The molecule has 6 heteroatoms. The van der Waals surface area contributed by atoms with Gasteiger partial charge in [0.1, 0.15) is 11.6 Å². The molecule has 0 unspecified atom stereocenters. The fraction of sp³-hybridized carbons (Fsp3) is 0.188. The van der Waals surface area contributed by atoms with E-state index in [0.717, 1.165) is 5.56 Å². The van der Waals surface area contributed by atoms with Crippen LogP contribution in [0, 0.1) is 11.3 Å². The zero-order valence-corrected chi connectivity index (χ0v) is 12.7. The summed E-state index contributed by atoms with van der Waals surface area (Å²) in [5.41, 5.74) is 1.53. The number of hydrogen-bond donors (Lipinski definition) is 0. The minimum Gasteiger partial charge on any atom is -0.462 e. The second-order valence-electron chi connectivity index (χ2n) is 4.45. The van der Waals surface area contributed by atoms with Gasteiger partial charge in [0, 0.05) is 16.8 Å². The van der Waals surface area contributed by atoms with Crippen LogP contribution in [0.2, 0.25) is 5.02 Å². The van der Waals surface area contributed by atoms with Crippen molar-refractivity contribution in [1.82, 2.24) is 9.78 Å². The molecule has 0 radical (unpaired) electrons. The molecular weight excluding hydrogens is 302 g/mol. The molecular formula is C16H14ClN3O2. The van der Waals surface area contributed by atoms with Crippen LogP contribution in [-0.2, 0) is 16.1 Å². The first-order valence-electron chi connectivity index (χ1n) is 6.68. The van der Waals surface area contributed by atoms with Crippen LogP contribution in [0.4, 0.5) is 0 Å². The highest BCUT2D eigenvalue weighted by molar-refractivity contribution is 6.31. The summed E-state index contributed by atoms with van der Waals surface area (Å²) in [6.45, 7) is 2.42. The largest absolute Gasteiger partial charge is 0.462 e. The lowest BCUT2D eigenvalue weighted by molar-refractivity contribution is -0.137. The number of esters is 1. The quantitative estimate of drug-likeness (QED) is 0.483. The van der Waals surface area contributed by atoms with E-state index in [1.165, 1.54) is 6.08 Å². The average Bonchev–Trinajstić information content (AvgIpc) is 2.94. The van der Waals surface area contributed by atoms with Crippen molar-refractivity contribution in [3.05, 3.63) is 58.4 Å². The van der Waals surface area contributed by atoms with Gasteiger partial charge < -0.3 is 4.74 Å². The molecule has 0 aliphatic carbocycles. The van der Waals surface area contributed by atoms with Gasteiger partial charge in [-0.25, -0.2) is 4.79 Å². The SMILES string of the molecule is CCOC(=O)/C(C#N)=C/c1cnn(Cc2ccccc2Cl)c1. The van der Waals surface area contributed by atoms with Crippen molar-refractivity contribution in [3.8, 4) is 6.07 Å². The maximum Gasteiger partial charge on any atom is 0.348 e. The Labute approximate surface area is 133 Å². The summed E-state index contributed by atoms with van der Waals surface area (Å²) < 4.78 is 6.50. The molecule has 0 spiro atoms. The summed E-state index contributed by atoms with van der Waals surface area (Å²) in [4.78, 5) is 11.6. The minimum atomic E-state index is -0.635. The van der Waals surface area contributed by atoms with Crippen molar-refractivity contribution < 1.29 is 9.53 Å². The number of rotatable bonds is 5. The molecule has 0 N–H and O–H groups in total. The van der Waals surface area contributed by atoms with Crippen LogP contribution in [0.3, 0.4) is 0 Å². The number of benzene rings is 1. The summed E-state index contributed by atoms with van der Waals surface area (Å²) >= 11 is 6.11. The van der Waals surface area contributed by atoms with E-state index in [4.69, 9.17) is 21.6 Å². The third-order valence-electron chi connectivity index (χ3n) is 2.87. The van der Waals surface area contributed by atoms with Crippen molar-refractivity contribution in [1.29, 1.82) is 5.26 Å². The Morgan fingerprint density at radius 2 is 2.27 bits per heavy atom. The van der Waals surface area contributed by atoms with Gasteiger partial charge >= 0.3 is 5.97 Å². The zero-order chi connectivity index (χ0) is 15.9. The van der Waals surface area contributed by atoms with Crippen molar-refractivity contribution in [2.45, 2.75) is 13.5 Å². The lowest BCUT2D eigenvalue weighted by Gasteiger charge is -2.03. The molecule has 2 aromatic rings. The molecule has 0 saturated heterocycles. The summed E-state index contributed by atoms with van der Waals surface area (Å²) in [7, 11) is 0. The lowest BCUT2D eigenvalue weighted by Crippen LogP contribution is -2.05. The number of carbonyl (C=O) groups is 1. The summed E-state index contributed by atoms with van der Waals surface area (Å²) in [6, 6.07) is 9.33. The monoisotopic (exact) mass is 315 g/mol. The van der Waals surface area contributed by atoms with Crippen molar-refractivity contribution >= 4 is 23.6 Å². The highest BCUT2D eigenvalue weighted by Gasteiger charge is 2.10. The van der Waals surface area contributed by atoms with Crippen molar-refractivity contribution in [2.24, 2.45) is 0 Å². The van der Waals surface area contributed by atoms with Gasteiger partial charge in [-0.05, 0) is 24.6 Å². The number of ether oxygens (including phenoxy) is 1. The summed E-state index contributed by atoms with van der Waals surface area (Å²) in [6.07, 6.45) is 4.77. The normalized spacial score (nSPS) is 11.0. The van der Waals surface area contributed by atoms with E-state index in [1.54, 1.807) is 24.0 Å². The maximum atomic E-state index is 11.6. The molecule has 112 valence electrons. The fourth-order valence-electron chi connectivity index (χ4n) is 1.85. The molecule has 1 heterocycles. The van der Waals surface area contributed by atoms with E-state index in [0.29, 0.717) is 17.1 Å². The molecule has 0 atom stereocenters. The highest BCUT2D eigenvalue weighted by atomic mass is 35.5. The summed E-state index contributed by atoms with van der Waals surface area (Å²) in [5, 5.41) is 13.9. The Hall–Kier alpha value is -2.58. The van der Waals surface area contributed by atoms with Gasteiger partial charge in [-0.1, -0.05) is 29.8 Å². The first kappa shape index (κ1) is 15.8. The van der Waals surface area contributed by atoms with E-state index >= 15 is 0 Å². The minimum absolute atomic E-state index is 0.0563. The molecule has 0 fully saturated rings.